The lowest BCUT2D eigenvalue weighted by Gasteiger charge is -2.42. The van der Waals surface area contributed by atoms with Gasteiger partial charge in [-0.1, -0.05) is 0 Å². The molecule has 5 unspecified atom stereocenters. The van der Waals surface area contributed by atoms with Gasteiger partial charge in [-0.15, -0.1) is 0 Å². The Balaban J connectivity index is 2.01. The number of hydrogen-bond donors (Lipinski definition) is 0. The molecule has 0 aliphatic carbocycles. The topological polar surface area (TPSA) is 54.5 Å². The number of morpholine rings is 2. The first-order chi connectivity index (χ1) is 10.7. The Morgan fingerprint density at radius 3 is 2.39 bits per heavy atom. The van der Waals surface area contributed by atoms with E-state index in [9.17, 15) is 4.57 Å². The summed E-state index contributed by atoms with van der Waals surface area (Å²) in [6.07, 6.45) is -0.301. The molecule has 2 heterocycles. The first kappa shape index (κ1) is 19.4. The quantitative estimate of drug-likeness (QED) is 0.503. The zero-order valence-corrected chi connectivity index (χ0v) is 15.3. The van der Waals surface area contributed by atoms with Gasteiger partial charge in [0.05, 0.1) is 18.8 Å². The minimum Gasteiger partial charge on any atom is -0.382 e. The van der Waals surface area contributed by atoms with Crippen molar-refractivity contribution < 1.29 is 18.6 Å². The Bertz CT molecular complexity index is 425. The lowest BCUT2D eigenvalue weighted by molar-refractivity contribution is -0.0643. The van der Waals surface area contributed by atoms with E-state index in [1.165, 1.54) is 0 Å². The van der Waals surface area contributed by atoms with Crippen LogP contribution < -0.4 is 0 Å². The van der Waals surface area contributed by atoms with Crippen LogP contribution in [0.3, 0.4) is 0 Å². The predicted octanol–water partition coefficient (Wildman–Crippen LogP) is -0.287. The molecule has 5 atom stereocenters. The smallest absolute Gasteiger partial charge is 0.345 e. The molecule has 0 amide bonds. The molecule has 128 valence electrons. The molecular formula is C13H26B2N3O4P. The number of likely N-dealkylation sites (N-methyl/N-ethyl adjacent to an activating group) is 1. The Morgan fingerprint density at radius 1 is 1.17 bits per heavy atom. The summed E-state index contributed by atoms with van der Waals surface area (Å²) in [5, 5.41) is 0. The number of ether oxygens (including phenoxy) is 2. The van der Waals surface area contributed by atoms with Crippen LogP contribution in [0.1, 0.15) is 6.92 Å². The van der Waals surface area contributed by atoms with E-state index in [4.69, 9.17) is 29.7 Å². The van der Waals surface area contributed by atoms with Crippen molar-refractivity contribution in [2.75, 3.05) is 53.9 Å². The molecule has 7 nitrogen and oxygen atoms in total. The average Bonchev–Trinajstić information content (AvgIpc) is 2.42. The highest BCUT2D eigenvalue weighted by Gasteiger charge is 2.40. The fourth-order valence-corrected chi connectivity index (χ4v) is 5.02. The van der Waals surface area contributed by atoms with Gasteiger partial charge in [-0.25, -0.2) is 9.34 Å². The highest BCUT2D eigenvalue weighted by molar-refractivity contribution is 7.53. The summed E-state index contributed by atoms with van der Waals surface area (Å²) in [5.74, 6) is 0. The lowest BCUT2D eigenvalue weighted by Crippen LogP contribution is -2.49. The third kappa shape index (κ3) is 5.05. The van der Waals surface area contributed by atoms with Crippen LogP contribution in [-0.4, -0.2) is 108 Å². The van der Waals surface area contributed by atoms with Crippen LogP contribution >= 0.6 is 7.67 Å². The maximum Gasteiger partial charge on any atom is 0.345 e. The second kappa shape index (κ2) is 8.00. The molecule has 0 spiro atoms. The molecule has 0 aromatic heterocycles. The zero-order valence-electron chi connectivity index (χ0n) is 14.4. The first-order valence-corrected chi connectivity index (χ1v) is 9.42. The summed E-state index contributed by atoms with van der Waals surface area (Å²) in [4.78, 5) is 2.08. The number of hydrogen-bond acceptors (Lipinski definition) is 5. The van der Waals surface area contributed by atoms with Crippen LogP contribution in [0.5, 0.6) is 0 Å². The minimum atomic E-state index is -3.18. The van der Waals surface area contributed by atoms with E-state index in [0.717, 1.165) is 0 Å². The summed E-state index contributed by atoms with van der Waals surface area (Å²) < 4.78 is 33.8. The molecule has 2 aliphatic rings. The van der Waals surface area contributed by atoms with Gasteiger partial charge in [-0.3, -0.25) is 4.57 Å². The van der Waals surface area contributed by atoms with E-state index in [2.05, 4.69) is 4.90 Å². The van der Waals surface area contributed by atoms with Crippen LogP contribution in [0.15, 0.2) is 0 Å². The molecule has 2 rings (SSSR count). The monoisotopic (exact) mass is 341 g/mol. The molecule has 2 saturated heterocycles. The van der Waals surface area contributed by atoms with Crippen LogP contribution in [-0.2, 0) is 18.6 Å². The third-order valence-corrected chi connectivity index (χ3v) is 6.47. The van der Waals surface area contributed by atoms with Gasteiger partial charge in [0.25, 0.3) is 0 Å². The zero-order chi connectivity index (χ0) is 17.2. The second-order valence-electron chi connectivity index (χ2n) is 6.51. The van der Waals surface area contributed by atoms with Crippen molar-refractivity contribution in [1.29, 1.82) is 0 Å². The minimum absolute atomic E-state index is 0.0962. The van der Waals surface area contributed by atoms with Crippen LogP contribution in [0.25, 0.3) is 0 Å². The number of nitrogens with zero attached hydrogens (tertiary/aromatic N) is 3. The summed E-state index contributed by atoms with van der Waals surface area (Å²) in [6.45, 7) is 4.37. The lowest BCUT2D eigenvalue weighted by atomic mass is 9.98. The first-order valence-electron chi connectivity index (χ1n) is 7.89. The predicted molar refractivity (Wildman–Crippen MR) is 90.8 cm³/mol. The molecule has 0 N–H and O–H groups in total. The molecule has 23 heavy (non-hydrogen) atoms. The summed E-state index contributed by atoms with van der Waals surface area (Å²) in [5.41, 5.74) is 0. The molecule has 4 radical (unpaired) electrons. The summed E-state index contributed by atoms with van der Waals surface area (Å²) in [7, 11) is 14.0. The van der Waals surface area contributed by atoms with Crippen LogP contribution in [0, 0.1) is 0 Å². The van der Waals surface area contributed by atoms with Crippen molar-refractivity contribution in [3.63, 3.8) is 0 Å². The molecule has 0 saturated carbocycles. The fourth-order valence-electron chi connectivity index (χ4n) is 2.95. The summed E-state index contributed by atoms with van der Waals surface area (Å²) in [6, 6.07) is -0.820. The molecule has 10 heteroatoms. The van der Waals surface area contributed by atoms with E-state index in [-0.39, 0.29) is 24.8 Å². The van der Waals surface area contributed by atoms with Gasteiger partial charge >= 0.3 is 7.67 Å². The van der Waals surface area contributed by atoms with E-state index in [1.54, 1.807) is 23.4 Å². The molecule has 0 bridgehead atoms. The Morgan fingerprint density at radius 2 is 1.83 bits per heavy atom. The van der Waals surface area contributed by atoms with Crippen molar-refractivity contribution in [2.45, 2.75) is 31.1 Å². The van der Waals surface area contributed by atoms with E-state index in [1.807, 2.05) is 14.0 Å². The Hall–Kier alpha value is 0.120. The normalized spacial score (nSPS) is 36.9. The molecular weight excluding hydrogens is 315 g/mol. The van der Waals surface area contributed by atoms with Gasteiger partial charge in [0, 0.05) is 38.2 Å². The molecule has 2 aliphatic heterocycles. The molecule has 0 aromatic rings. The maximum atomic E-state index is 13.4. The Labute approximate surface area is 142 Å². The van der Waals surface area contributed by atoms with Gasteiger partial charge < -0.3 is 18.9 Å². The van der Waals surface area contributed by atoms with Crippen molar-refractivity contribution in [3.8, 4) is 0 Å². The van der Waals surface area contributed by atoms with E-state index in [0.29, 0.717) is 26.2 Å². The van der Waals surface area contributed by atoms with E-state index >= 15 is 0 Å². The second-order valence-corrected chi connectivity index (χ2v) is 9.11. The third-order valence-electron chi connectivity index (χ3n) is 3.93. The van der Waals surface area contributed by atoms with Crippen molar-refractivity contribution >= 4 is 23.4 Å². The highest BCUT2D eigenvalue weighted by atomic mass is 31.2. The van der Waals surface area contributed by atoms with Gasteiger partial charge in [0.2, 0.25) is 0 Å². The van der Waals surface area contributed by atoms with Crippen LogP contribution in [0.4, 0.5) is 0 Å². The van der Waals surface area contributed by atoms with E-state index < -0.39 is 13.7 Å². The Kier molecular flexibility index (Phi) is 6.76. The highest BCUT2D eigenvalue weighted by Crippen LogP contribution is 2.53. The van der Waals surface area contributed by atoms with Crippen LogP contribution in [0.2, 0.25) is 0 Å². The van der Waals surface area contributed by atoms with Gasteiger partial charge in [0.1, 0.15) is 15.7 Å². The maximum absolute atomic E-state index is 13.4. The molecule has 0 aromatic carbocycles. The number of rotatable bonds is 5. The molecule has 2 fully saturated rings. The van der Waals surface area contributed by atoms with Gasteiger partial charge in [-0.2, -0.15) is 0 Å². The standard InChI is InChI=1S/C13H26B2N3O4P/c1-10-5-18(8-13(15)21-10)23(19,16(2)3)20-9-11-6-17(4)7-12(14)22-11/h10-13H,5-9H2,1-4H3. The van der Waals surface area contributed by atoms with Crippen molar-refractivity contribution in [2.24, 2.45) is 0 Å². The van der Waals surface area contributed by atoms with Crippen molar-refractivity contribution in [1.82, 2.24) is 14.2 Å². The summed E-state index contributed by atoms with van der Waals surface area (Å²) >= 11 is 0. The van der Waals surface area contributed by atoms with Gasteiger partial charge in [-0.05, 0) is 28.1 Å². The van der Waals surface area contributed by atoms with Crippen molar-refractivity contribution in [3.05, 3.63) is 0 Å². The van der Waals surface area contributed by atoms with Gasteiger partial charge in [0.15, 0.2) is 0 Å². The SMILES string of the molecule is [B]C1CN(P(=O)(OCC2CN(C)CC([B])O2)N(C)C)CC(C)O1. The largest absolute Gasteiger partial charge is 0.382 e. The average molecular weight is 341 g/mol. The fraction of sp³-hybridized carbons (Fsp3) is 1.00.